The molecule has 130 valence electrons. The van der Waals surface area contributed by atoms with Crippen molar-refractivity contribution in [1.29, 1.82) is 0 Å². The second-order valence-electron chi connectivity index (χ2n) is 5.76. The van der Waals surface area contributed by atoms with Crippen LogP contribution in [0.1, 0.15) is 17.4 Å². The first-order valence-corrected chi connectivity index (χ1v) is 9.47. The smallest absolute Gasteiger partial charge is 0.271 e. The Kier molecular flexibility index (Phi) is 4.46. The van der Waals surface area contributed by atoms with Gasteiger partial charge >= 0.3 is 0 Å². The van der Waals surface area contributed by atoms with E-state index in [1.54, 1.807) is 17.9 Å². The summed E-state index contributed by atoms with van der Waals surface area (Å²) >= 11 is 0. The van der Waals surface area contributed by atoms with Crippen molar-refractivity contribution < 1.29 is 13.2 Å². The van der Waals surface area contributed by atoms with E-state index in [1.807, 2.05) is 29.9 Å². The van der Waals surface area contributed by atoms with Crippen molar-refractivity contribution in [2.45, 2.75) is 6.92 Å². The molecule has 1 aliphatic heterocycles. The summed E-state index contributed by atoms with van der Waals surface area (Å²) in [7, 11) is -1.28. The number of carbonyl (C=O) groups excluding carboxylic acids is 1. The molecule has 0 aliphatic carbocycles. The number of rotatable bonds is 4. The molecule has 24 heavy (non-hydrogen) atoms. The molecule has 1 fully saturated rings. The molecule has 0 bridgehead atoms. The molecular weight excluding hydrogens is 330 g/mol. The largest absolute Gasteiger partial charge is 0.349 e. The van der Waals surface area contributed by atoms with Gasteiger partial charge in [0.2, 0.25) is 10.0 Å². The molecule has 0 radical (unpaired) electrons. The van der Waals surface area contributed by atoms with Gasteiger partial charge in [-0.15, -0.1) is 0 Å². The molecule has 0 atom stereocenters. The minimum atomic E-state index is -3.19. The second-order valence-corrected chi connectivity index (χ2v) is 8.02. The van der Waals surface area contributed by atoms with E-state index in [-0.39, 0.29) is 11.7 Å². The van der Waals surface area contributed by atoms with E-state index in [0.717, 1.165) is 5.69 Å². The van der Waals surface area contributed by atoms with Crippen LogP contribution in [0, 0.1) is 0 Å². The summed E-state index contributed by atoms with van der Waals surface area (Å²) in [6.07, 6.45) is 1.92. The molecule has 0 unspecified atom stereocenters. The van der Waals surface area contributed by atoms with Gasteiger partial charge in [0.1, 0.15) is 11.4 Å². The predicted octanol–water partition coefficient (Wildman–Crippen LogP) is 0.523. The van der Waals surface area contributed by atoms with Crippen molar-refractivity contribution in [3.63, 3.8) is 0 Å². The molecule has 0 saturated carbocycles. The van der Waals surface area contributed by atoms with Crippen LogP contribution in [0.25, 0.3) is 11.4 Å². The lowest BCUT2D eigenvalue weighted by Gasteiger charge is -2.33. The Bertz CT molecular complexity index is 831. The van der Waals surface area contributed by atoms with Gasteiger partial charge in [-0.3, -0.25) is 9.89 Å². The molecule has 1 aliphatic rings. The van der Waals surface area contributed by atoms with Crippen molar-refractivity contribution in [2.75, 3.05) is 31.9 Å². The highest BCUT2D eigenvalue weighted by Gasteiger charge is 2.28. The first-order valence-electron chi connectivity index (χ1n) is 7.86. The minimum Gasteiger partial charge on any atom is -0.349 e. The van der Waals surface area contributed by atoms with Gasteiger partial charge in [0.25, 0.3) is 5.91 Å². The van der Waals surface area contributed by atoms with Crippen molar-refractivity contribution in [3.8, 4) is 11.4 Å². The number of hydrogen-bond acceptors (Lipinski definition) is 4. The zero-order valence-corrected chi connectivity index (χ0v) is 14.6. The fourth-order valence-electron chi connectivity index (χ4n) is 2.81. The van der Waals surface area contributed by atoms with Crippen LogP contribution < -0.4 is 0 Å². The summed E-state index contributed by atoms with van der Waals surface area (Å²) in [5.74, 6) is -0.0712. The van der Waals surface area contributed by atoms with E-state index in [9.17, 15) is 13.2 Å². The van der Waals surface area contributed by atoms with E-state index >= 15 is 0 Å². The van der Waals surface area contributed by atoms with Gasteiger partial charge in [-0.25, -0.2) is 8.42 Å². The lowest BCUT2D eigenvalue weighted by Crippen LogP contribution is -2.50. The SMILES string of the molecule is CCS(=O)(=O)N1CCN(C(=O)c2cc(-c3cccn3C)n[nH]2)CC1. The number of nitrogens with zero attached hydrogens (tertiary/aromatic N) is 4. The average Bonchev–Trinajstić information content (AvgIpc) is 3.23. The molecular formula is C15H21N5O3S. The molecule has 1 saturated heterocycles. The monoisotopic (exact) mass is 351 g/mol. The molecule has 2 aromatic heterocycles. The quantitative estimate of drug-likeness (QED) is 0.869. The van der Waals surface area contributed by atoms with Gasteiger partial charge < -0.3 is 9.47 Å². The number of aryl methyl sites for hydroxylation is 1. The third kappa shape index (κ3) is 3.09. The lowest BCUT2D eigenvalue weighted by molar-refractivity contribution is 0.0692. The van der Waals surface area contributed by atoms with Gasteiger partial charge in [-0.05, 0) is 25.1 Å². The number of aromatic nitrogens is 3. The first-order chi connectivity index (χ1) is 11.4. The van der Waals surface area contributed by atoms with Crippen molar-refractivity contribution in [3.05, 3.63) is 30.1 Å². The second kappa shape index (κ2) is 6.40. The Morgan fingerprint density at radius 2 is 2.00 bits per heavy atom. The van der Waals surface area contributed by atoms with E-state index in [0.29, 0.717) is 37.6 Å². The molecule has 0 spiro atoms. The van der Waals surface area contributed by atoms with E-state index < -0.39 is 10.0 Å². The van der Waals surface area contributed by atoms with Gasteiger partial charge in [0.05, 0.1) is 11.4 Å². The van der Waals surface area contributed by atoms with E-state index in [1.165, 1.54) is 4.31 Å². The number of piperazine rings is 1. The number of hydrogen-bond donors (Lipinski definition) is 1. The highest BCUT2D eigenvalue weighted by molar-refractivity contribution is 7.89. The maximum absolute atomic E-state index is 12.6. The van der Waals surface area contributed by atoms with Gasteiger partial charge in [-0.1, -0.05) is 0 Å². The summed E-state index contributed by atoms with van der Waals surface area (Å²) in [5, 5.41) is 6.99. The van der Waals surface area contributed by atoms with Crippen molar-refractivity contribution >= 4 is 15.9 Å². The summed E-state index contributed by atoms with van der Waals surface area (Å²) in [5.41, 5.74) is 2.04. The predicted molar refractivity (Wildman–Crippen MR) is 89.9 cm³/mol. The summed E-state index contributed by atoms with van der Waals surface area (Å²) in [4.78, 5) is 14.2. The normalized spacial score (nSPS) is 16.5. The van der Waals surface area contributed by atoms with Gasteiger partial charge in [0, 0.05) is 39.4 Å². The van der Waals surface area contributed by atoms with Gasteiger partial charge in [-0.2, -0.15) is 9.40 Å². The van der Waals surface area contributed by atoms with Crippen LogP contribution in [0.15, 0.2) is 24.4 Å². The summed E-state index contributed by atoms with van der Waals surface area (Å²) in [6.45, 7) is 3.07. The fourth-order valence-corrected chi connectivity index (χ4v) is 3.90. The molecule has 9 heteroatoms. The number of amides is 1. The van der Waals surface area contributed by atoms with Crippen LogP contribution in [0.2, 0.25) is 0 Å². The first kappa shape index (κ1) is 16.7. The third-order valence-electron chi connectivity index (χ3n) is 4.30. The molecule has 3 rings (SSSR count). The molecule has 1 N–H and O–H groups in total. The van der Waals surface area contributed by atoms with Gasteiger partial charge in [0.15, 0.2) is 0 Å². The maximum atomic E-state index is 12.6. The average molecular weight is 351 g/mol. The topological polar surface area (TPSA) is 91.3 Å². The molecule has 2 aromatic rings. The van der Waals surface area contributed by atoms with Crippen LogP contribution in [-0.2, 0) is 17.1 Å². The van der Waals surface area contributed by atoms with Crippen LogP contribution in [0.3, 0.4) is 0 Å². The molecule has 0 aromatic carbocycles. The number of nitrogens with one attached hydrogen (secondary N) is 1. The highest BCUT2D eigenvalue weighted by atomic mass is 32.2. The summed E-state index contributed by atoms with van der Waals surface area (Å²) < 4.78 is 27.1. The molecule has 8 nitrogen and oxygen atoms in total. The highest BCUT2D eigenvalue weighted by Crippen LogP contribution is 2.19. The van der Waals surface area contributed by atoms with Crippen LogP contribution in [-0.4, -0.2) is 70.2 Å². The third-order valence-corrected chi connectivity index (χ3v) is 6.18. The number of H-pyrrole nitrogens is 1. The number of sulfonamides is 1. The van der Waals surface area contributed by atoms with Crippen LogP contribution in [0.4, 0.5) is 0 Å². The number of carbonyl (C=O) groups is 1. The zero-order valence-electron chi connectivity index (χ0n) is 13.8. The lowest BCUT2D eigenvalue weighted by atomic mass is 10.2. The van der Waals surface area contributed by atoms with Crippen LogP contribution in [0.5, 0.6) is 0 Å². The maximum Gasteiger partial charge on any atom is 0.271 e. The Morgan fingerprint density at radius 1 is 1.29 bits per heavy atom. The molecule has 1 amide bonds. The van der Waals surface area contributed by atoms with E-state index in [2.05, 4.69) is 10.2 Å². The van der Waals surface area contributed by atoms with Crippen LogP contribution >= 0.6 is 0 Å². The Labute approximate surface area is 141 Å². The van der Waals surface area contributed by atoms with E-state index in [4.69, 9.17) is 0 Å². The molecule has 3 heterocycles. The summed E-state index contributed by atoms with van der Waals surface area (Å²) in [6, 6.07) is 5.57. The van der Waals surface area contributed by atoms with Crippen molar-refractivity contribution in [2.24, 2.45) is 7.05 Å². The zero-order chi connectivity index (χ0) is 17.3. The minimum absolute atomic E-state index is 0.0848. The standard InChI is InChI=1S/C15H21N5O3S/c1-3-24(22,23)20-9-7-19(8-10-20)15(21)13-11-12(16-17-13)14-5-4-6-18(14)2/h4-6,11H,3,7-10H2,1-2H3,(H,16,17). The Balaban J connectivity index is 1.68. The number of aromatic amines is 1. The Morgan fingerprint density at radius 3 is 2.58 bits per heavy atom. The Hall–Kier alpha value is -2.13. The van der Waals surface area contributed by atoms with Crippen molar-refractivity contribution in [1.82, 2.24) is 24.0 Å². The fraction of sp³-hybridized carbons (Fsp3) is 0.467.